The van der Waals surface area contributed by atoms with Crippen molar-refractivity contribution in [1.29, 1.82) is 0 Å². The van der Waals surface area contributed by atoms with Crippen molar-refractivity contribution in [2.24, 2.45) is 0 Å². The van der Waals surface area contributed by atoms with Gasteiger partial charge in [0.25, 0.3) is 5.91 Å². The van der Waals surface area contributed by atoms with Crippen molar-refractivity contribution in [3.63, 3.8) is 0 Å². The molecule has 0 aliphatic carbocycles. The molecule has 1 amide bonds. The molecular formula is C19H25N3O4S. The van der Waals surface area contributed by atoms with Gasteiger partial charge in [0.15, 0.2) is 6.61 Å². The molecule has 2 aromatic rings. The number of carbonyl (C=O) groups excluding carboxylic acids is 1. The Morgan fingerprint density at radius 1 is 1.15 bits per heavy atom. The van der Waals surface area contributed by atoms with Gasteiger partial charge in [-0.25, -0.2) is 13.1 Å². The molecule has 2 N–H and O–H groups in total. The molecule has 8 heteroatoms. The second-order valence-electron chi connectivity index (χ2n) is 6.49. The van der Waals surface area contributed by atoms with Gasteiger partial charge < -0.3 is 10.1 Å². The fourth-order valence-electron chi connectivity index (χ4n) is 2.20. The van der Waals surface area contributed by atoms with Crippen LogP contribution in [0.4, 0.5) is 5.69 Å². The van der Waals surface area contributed by atoms with Crippen molar-refractivity contribution < 1.29 is 17.9 Å². The van der Waals surface area contributed by atoms with E-state index in [4.69, 9.17) is 4.74 Å². The number of carbonyl (C=O) groups is 1. The van der Waals surface area contributed by atoms with Gasteiger partial charge in [-0.15, -0.1) is 0 Å². The summed E-state index contributed by atoms with van der Waals surface area (Å²) in [7, 11) is -3.28. The Kier molecular flexibility index (Phi) is 7.32. The van der Waals surface area contributed by atoms with E-state index in [0.29, 0.717) is 18.0 Å². The normalized spacial score (nSPS) is 12.6. The summed E-state index contributed by atoms with van der Waals surface area (Å²) < 4.78 is 31.6. The van der Waals surface area contributed by atoms with Crippen molar-refractivity contribution in [2.45, 2.75) is 31.9 Å². The second kappa shape index (κ2) is 9.48. The SMILES string of the molecule is CC(CNS(=O)(=O)C(C)C)c1ccc(NC(=O)COc2cccnc2)cc1. The van der Waals surface area contributed by atoms with Gasteiger partial charge in [0.2, 0.25) is 10.0 Å². The summed E-state index contributed by atoms with van der Waals surface area (Å²) in [5.74, 6) is 0.266. The van der Waals surface area contributed by atoms with Crippen LogP contribution in [0.25, 0.3) is 0 Å². The Morgan fingerprint density at radius 2 is 1.85 bits per heavy atom. The first-order valence-corrected chi connectivity index (χ1v) is 10.2. The number of hydrogen-bond donors (Lipinski definition) is 2. The number of rotatable bonds is 9. The van der Waals surface area contributed by atoms with E-state index in [9.17, 15) is 13.2 Å². The van der Waals surface area contributed by atoms with Crippen molar-refractivity contribution in [1.82, 2.24) is 9.71 Å². The lowest BCUT2D eigenvalue weighted by Gasteiger charge is -2.15. The molecule has 27 heavy (non-hydrogen) atoms. The highest BCUT2D eigenvalue weighted by atomic mass is 32.2. The summed E-state index contributed by atoms with van der Waals surface area (Å²) in [4.78, 5) is 15.9. The first kappa shape index (κ1) is 20.9. The molecule has 1 aromatic heterocycles. The number of aromatic nitrogens is 1. The third kappa shape index (κ3) is 6.65. The Bertz CT molecular complexity index is 837. The van der Waals surface area contributed by atoms with Gasteiger partial charge in [0.05, 0.1) is 11.4 Å². The molecule has 0 aliphatic rings. The molecule has 0 aliphatic heterocycles. The molecule has 0 bridgehead atoms. The van der Waals surface area contributed by atoms with E-state index in [-0.39, 0.29) is 18.4 Å². The molecule has 146 valence electrons. The minimum absolute atomic E-state index is 0.0113. The van der Waals surface area contributed by atoms with Crippen LogP contribution in [0.2, 0.25) is 0 Å². The Labute approximate surface area is 160 Å². The van der Waals surface area contributed by atoms with Crippen molar-refractivity contribution in [3.05, 3.63) is 54.4 Å². The monoisotopic (exact) mass is 391 g/mol. The standard InChI is InChI=1S/C19H25N3O4S/c1-14(2)27(24,25)21-11-15(3)16-6-8-17(9-7-16)22-19(23)13-26-18-5-4-10-20-12-18/h4-10,12,14-15,21H,11,13H2,1-3H3,(H,22,23). The number of pyridine rings is 1. The maximum atomic E-state index is 11.9. The zero-order valence-electron chi connectivity index (χ0n) is 15.7. The summed E-state index contributed by atoms with van der Waals surface area (Å²) in [6.07, 6.45) is 3.17. The van der Waals surface area contributed by atoms with Gasteiger partial charge in [0.1, 0.15) is 5.75 Å². The number of nitrogens with zero attached hydrogens (tertiary/aromatic N) is 1. The molecule has 1 aromatic carbocycles. The number of sulfonamides is 1. The summed E-state index contributed by atoms with van der Waals surface area (Å²) in [6.45, 7) is 5.44. The minimum Gasteiger partial charge on any atom is -0.482 e. The molecule has 0 spiro atoms. The molecule has 0 radical (unpaired) electrons. The largest absolute Gasteiger partial charge is 0.482 e. The highest BCUT2D eigenvalue weighted by molar-refractivity contribution is 7.90. The van der Waals surface area contributed by atoms with Crippen LogP contribution in [-0.4, -0.2) is 37.7 Å². The Balaban J connectivity index is 1.84. The number of ether oxygens (including phenoxy) is 1. The zero-order chi connectivity index (χ0) is 19.9. The van der Waals surface area contributed by atoms with Gasteiger partial charge in [0, 0.05) is 18.4 Å². The average molecular weight is 391 g/mol. The second-order valence-corrected chi connectivity index (χ2v) is 8.81. The minimum atomic E-state index is -3.28. The predicted octanol–water partition coefficient (Wildman–Crippen LogP) is 2.53. The van der Waals surface area contributed by atoms with Crippen LogP contribution in [-0.2, 0) is 14.8 Å². The molecule has 0 saturated carbocycles. The van der Waals surface area contributed by atoms with Crippen molar-refractivity contribution in [3.8, 4) is 5.75 Å². The van der Waals surface area contributed by atoms with E-state index in [0.717, 1.165) is 5.56 Å². The van der Waals surface area contributed by atoms with Crippen LogP contribution < -0.4 is 14.8 Å². The average Bonchev–Trinajstić information content (AvgIpc) is 2.66. The lowest BCUT2D eigenvalue weighted by molar-refractivity contribution is -0.118. The zero-order valence-corrected chi connectivity index (χ0v) is 16.5. The quantitative estimate of drug-likeness (QED) is 0.685. The van der Waals surface area contributed by atoms with Gasteiger partial charge >= 0.3 is 0 Å². The molecule has 7 nitrogen and oxygen atoms in total. The van der Waals surface area contributed by atoms with E-state index >= 15 is 0 Å². The van der Waals surface area contributed by atoms with Crippen LogP contribution in [0.3, 0.4) is 0 Å². The highest BCUT2D eigenvalue weighted by Crippen LogP contribution is 2.18. The van der Waals surface area contributed by atoms with Crippen LogP contribution in [0.15, 0.2) is 48.8 Å². The molecule has 2 rings (SSSR count). The van der Waals surface area contributed by atoms with Gasteiger partial charge in [-0.05, 0) is 49.6 Å². The topological polar surface area (TPSA) is 97.4 Å². The van der Waals surface area contributed by atoms with Crippen LogP contribution in [0.5, 0.6) is 5.75 Å². The number of nitrogens with one attached hydrogen (secondary N) is 2. The smallest absolute Gasteiger partial charge is 0.262 e. The fraction of sp³-hybridized carbons (Fsp3) is 0.368. The van der Waals surface area contributed by atoms with Crippen molar-refractivity contribution in [2.75, 3.05) is 18.5 Å². The third-order valence-corrected chi connectivity index (χ3v) is 5.79. The lowest BCUT2D eigenvalue weighted by atomic mass is 10.0. The first-order chi connectivity index (χ1) is 12.8. The maximum absolute atomic E-state index is 11.9. The fourth-order valence-corrected chi connectivity index (χ4v) is 3.01. The number of anilines is 1. The molecule has 1 atom stereocenters. The first-order valence-electron chi connectivity index (χ1n) is 8.69. The van der Waals surface area contributed by atoms with Crippen LogP contribution in [0.1, 0.15) is 32.3 Å². The summed E-state index contributed by atoms with van der Waals surface area (Å²) in [6, 6.07) is 10.8. The van der Waals surface area contributed by atoms with Crippen molar-refractivity contribution >= 4 is 21.6 Å². The highest BCUT2D eigenvalue weighted by Gasteiger charge is 2.17. The third-order valence-electron chi connectivity index (χ3n) is 3.98. The van der Waals surface area contributed by atoms with Crippen LogP contribution in [0, 0.1) is 0 Å². The Hall–Kier alpha value is -2.45. The summed E-state index contributed by atoms with van der Waals surface area (Å²) in [5.41, 5.74) is 1.62. The van der Waals surface area contributed by atoms with E-state index < -0.39 is 15.3 Å². The molecule has 0 saturated heterocycles. The van der Waals surface area contributed by atoms with E-state index in [1.54, 1.807) is 44.3 Å². The molecule has 1 unspecified atom stereocenters. The summed E-state index contributed by atoms with van der Waals surface area (Å²) >= 11 is 0. The summed E-state index contributed by atoms with van der Waals surface area (Å²) in [5, 5.41) is 2.29. The predicted molar refractivity (Wildman–Crippen MR) is 105 cm³/mol. The molecular weight excluding hydrogens is 366 g/mol. The maximum Gasteiger partial charge on any atom is 0.262 e. The number of hydrogen-bond acceptors (Lipinski definition) is 5. The van der Waals surface area contributed by atoms with Gasteiger partial charge in [-0.3, -0.25) is 9.78 Å². The van der Waals surface area contributed by atoms with E-state index in [2.05, 4.69) is 15.0 Å². The molecule has 0 fully saturated rings. The lowest BCUT2D eigenvalue weighted by Crippen LogP contribution is -2.33. The number of amides is 1. The van der Waals surface area contributed by atoms with E-state index in [1.807, 2.05) is 19.1 Å². The number of benzene rings is 1. The van der Waals surface area contributed by atoms with E-state index in [1.165, 1.54) is 6.20 Å². The van der Waals surface area contributed by atoms with Gasteiger partial charge in [-0.2, -0.15) is 0 Å². The molecule has 1 heterocycles. The van der Waals surface area contributed by atoms with Gasteiger partial charge in [-0.1, -0.05) is 19.1 Å². The Morgan fingerprint density at radius 3 is 2.44 bits per heavy atom. The van der Waals surface area contributed by atoms with Crippen LogP contribution >= 0.6 is 0 Å².